The van der Waals surface area contributed by atoms with Gasteiger partial charge in [0.2, 0.25) is 10.6 Å². The zero-order valence-corrected chi connectivity index (χ0v) is 11.5. The minimum Gasteiger partial charge on any atom is -0.292 e. The number of hydrogen-bond donors (Lipinski definition) is 0. The number of carbonyl (C=O) groups is 1. The Morgan fingerprint density at radius 1 is 1.29 bits per heavy atom. The monoisotopic (exact) mass is 333 g/mol. The quantitative estimate of drug-likeness (QED) is 0.810. The first-order chi connectivity index (χ1) is 8.06. The largest absolute Gasteiger partial charge is 0.292 e. The third-order valence-electron chi connectivity index (χ3n) is 2.06. The Kier molecular flexibility index (Phi) is 3.81. The van der Waals surface area contributed by atoms with E-state index < -0.39 is 0 Å². The number of halogens is 3. The molecule has 0 atom stereocenters. The summed E-state index contributed by atoms with van der Waals surface area (Å²) in [4.78, 5) is 15.6. The zero-order chi connectivity index (χ0) is 12.4. The van der Waals surface area contributed by atoms with E-state index in [2.05, 4.69) is 26.0 Å². The van der Waals surface area contributed by atoms with Crippen molar-refractivity contribution >= 4 is 44.9 Å². The summed E-state index contributed by atoms with van der Waals surface area (Å²) in [6.07, 6.45) is 0. The summed E-state index contributed by atoms with van der Waals surface area (Å²) in [7, 11) is 0. The molecule has 0 N–H and O–H groups in total. The Hall–Kier alpha value is -0.910. The highest BCUT2D eigenvalue weighted by Crippen LogP contribution is 2.13. The van der Waals surface area contributed by atoms with Crippen LogP contribution in [0.5, 0.6) is 0 Å². The second kappa shape index (κ2) is 5.16. The molecule has 17 heavy (non-hydrogen) atoms. The molecule has 2 rings (SSSR count). The maximum atomic E-state index is 11.9. The maximum Gasteiger partial charge on any atom is 0.243 e. The number of benzene rings is 1. The topological polar surface area (TPSA) is 47.8 Å². The molecule has 1 aromatic carbocycles. The van der Waals surface area contributed by atoms with E-state index in [1.807, 2.05) is 0 Å². The van der Waals surface area contributed by atoms with Crippen molar-refractivity contribution in [1.82, 2.24) is 14.8 Å². The first-order valence-corrected chi connectivity index (χ1v) is 6.16. The van der Waals surface area contributed by atoms with Crippen LogP contribution in [0.15, 0.2) is 28.7 Å². The van der Waals surface area contributed by atoms with Crippen molar-refractivity contribution in [3.05, 3.63) is 44.9 Å². The molecule has 0 saturated carbocycles. The molecule has 4 nitrogen and oxygen atoms in total. The molecule has 0 bridgehead atoms. The number of aromatic nitrogens is 3. The van der Waals surface area contributed by atoms with Crippen LogP contribution in [0.3, 0.4) is 0 Å². The molecule has 0 aliphatic rings. The van der Waals surface area contributed by atoms with Crippen molar-refractivity contribution in [3.8, 4) is 0 Å². The number of hydrogen-bond acceptors (Lipinski definition) is 3. The number of ketones is 1. The van der Waals surface area contributed by atoms with Gasteiger partial charge in [-0.2, -0.15) is 4.98 Å². The molecule has 0 aliphatic carbocycles. The van der Waals surface area contributed by atoms with E-state index in [1.165, 1.54) is 4.68 Å². The van der Waals surface area contributed by atoms with E-state index in [4.69, 9.17) is 23.2 Å². The predicted molar refractivity (Wildman–Crippen MR) is 68.5 cm³/mol. The van der Waals surface area contributed by atoms with Crippen molar-refractivity contribution in [2.45, 2.75) is 6.54 Å². The van der Waals surface area contributed by atoms with Gasteiger partial charge in [0.1, 0.15) is 6.54 Å². The molecule has 1 heterocycles. The molecule has 1 aromatic heterocycles. The van der Waals surface area contributed by atoms with Crippen LogP contribution in [0.2, 0.25) is 10.6 Å². The third-order valence-corrected chi connectivity index (χ3v) is 3.03. The average molecular weight is 335 g/mol. The lowest BCUT2D eigenvalue weighted by Crippen LogP contribution is -2.11. The van der Waals surface area contributed by atoms with Crippen LogP contribution in [0.4, 0.5) is 0 Å². The van der Waals surface area contributed by atoms with Crippen molar-refractivity contribution < 1.29 is 4.79 Å². The lowest BCUT2D eigenvalue weighted by atomic mass is 10.1. The van der Waals surface area contributed by atoms with Crippen LogP contribution >= 0.6 is 39.1 Å². The fraction of sp³-hybridized carbons (Fsp3) is 0.100. The summed E-state index contributed by atoms with van der Waals surface area (Å²) in [5.41, 5.74) is 0.580. The Balaban J connectivity index is 2.17. The molecule has 0 saturated heterocycles. The van der Waals surface area contributed by atoms with Gasteiger partial charge in [-0.3, -0.25) is 4.79 Å². The number of Topliss-reactive ketones (excluding diaryl/α,β-unsaturated/α-hetero) is 1. The molecule has 0 radical (unpaired) electrons. The normalized spacial score (nSPS) is 10.5. The second-order valence-corrected chi connectivity index (χ2v) is 4.83. The maximum absolute atomic E-state index is 11.9. The van der Waals surface area contributed by atoms with Crippen LogP contribution in [-0.2, 0) is 6.54 Å². The van der Waals surface area contributed by atoms with Crippen molar-refractivity contribution in [2.75, 3.05) is 0 Å². The summed E-state index contributed by atoms with van der Waals surface area (Å²) in [6.45, 7) is 0.0141. The lowest BCUT2D eigenvalue weighted by Gasteiger charge is -2.01. The number of rotatable bonds is 3. The average Bonchev–Trinajstić information content (AvgIpc) is 2.58. The van der Waals surface area contributed by atoms with Gasteiger partial charge in [0.25, 0.3) is 0 Å². The van der Waals surface area contributed by atoms with Gasteiger partial charge in [0, 0.05) is 10.0 Å². The standard InChI is InChI=1S/C10H6BrCl2N3O/c11-7-3-1-6(2-4-7)8(17)5-16-10(13)14-9(12)15-16/h1-4H,5H2. The van der Waals surface area contributed by atoms with Gasteiger partial charge < -0.3 is 0 Å². The summed E-state index contributed by atoms with van der Waals surface area (Å²) in [6, 6.07) is 7.03. The number of carbonyl (C=O) groups excluding carboxylic acids is 1. The summed E-state index contributed by atoms with van der Waals surface area (Å²) >= 11 is 14.6. The Labute approximate surface area is 116 Å². The predicted octanol–water partition coefficient (Wildman–Crippen LogP) is 3.23. The van der Waals surface area contributed by atoms with Crippen LogP contribution in [0, 0.1) is 0 Å². The Morgan fingerprint density at radius 2 is 1.94 bits per heavy atom. The molecule has 2 aromatic rings. The number of nitrogens with zero attached hydrogens (tertiary/aromatic N) is 3. The second-order valence-electron chi connectivity index (χ2n) is 3.24. The molecule has 0 amide bonds. The minimum absolute atomic E-state index is 0.0141. The highest BCUT2D eigenvalue weighted by atomic mass is 79.9. The van der Waals surface area contributed by atoms with Gasteiger partial charge in [0.05, 0.1) is 0 Å². The minimum atomic E-state index is -0.110. The summed E-state index contributed by atoms with van der Waals surface area (Å²) in [5.74, 6) is -0.110. The third kappa shape index (κ3) is 3.06. The van der Waals surface area contributed by atoms with Gasteiger partial charge in [0.15, 0.2) is 5.78 Å². The van der Waals surface area contributed by atoms with E-state index in [-0.39, 0.29) is 22.9 Å². The molecule has 7 heteroatoms. The Morgan fingerprint density at radius 3 is 2.47 bits per heavy atom. The van der Waals surface area contributed by atoms with E-state index in [1.54, 1.807) is 24.3 Å². The Bertz CT molecular complexity index is 553. The lowest BCUT2D eigenvalue weighted by molar-refractivity contribution is 0.0967. The van der Waals surface area contributed by atoms with Crippen molar-refractivity contribution in [3.63, 3.8) is 0 Å². The highest BCUT2D eigenvalue weighted by Gasteiger charge is 2.11. The van der Waals surface area contributed by atoms with Gasteiger partial charge >= 0.3 is 0 Å². The molecule has 88 valence electrons. The van der Waals surface area contributed by atoms with Gasteiger partial charge in [-0.05, 0) is 35.3 Å². The van der Waals surface area contributed by atoms with E-state index in [0.29, 0.717) is 5.56 Å². The van der Waals surface area contributed by atoms with E-state index in [9.17, 15) is 4.79 Å². The fourth-order valence-corrected chi connectivity index (χ4v) is 1.92. The smallest absolute Gasteiger partial charge is 0.243 e. The molecular weight excluding hydrogens is 329 g/mol. The van der Waals surface area contributed by atoms with E-state index in [0.717, 1.165) is 4.47 Å². The zero-order valence-electron chi connectivity index (χ0n) is 8.40. The van der Waals surface area contributed by atoms with Crippen LogP contribution in [0.25, 0.3) is 0 Å². The van der Waals surface area contributed by atoms with Gasteiger partial charge in [-0.15, -0.1) is 5.10 Å². The molecule has 0 aliphatic heterocycles. The molecule has 0 fully saturated rings. The first kappa shape index (κ1) is 12.5. The van der Waals surface area contributed by atoms with Crippen LogP contribution in [-0.4, -0.2) is 20.5 Å². The summed E-state index contributed by atoms with van der Waals surface area (Å²) in [5, 5.41) is 3.93. The summed E-state index contributed by atoms with van der Waals surface area (Å²) < 4.78 is 2.17. The molecule has 0 spiro atoms. The SMILES string of the molecule is O=C(Cn1nc(Cl)nc1Cl)c1ccc(Br)cc1. The highest BCUT2D eigenvalue weighted by molar-refractivity contribution is 9.10. The van der Waals surface area contributed by atoms with Crippen LogP contribution < -0.4 is 0 Å². The fourth-order valence-electron chi connectivity index (χ4n) is 1.26. The van der Waals surface area contributed by atoms with Crippen LogP contribution in [0.1, 0.15) is 10.4 Å². The molecule has 0 unspecified atom stereocenters. The van der Waals surface area contributed by atoms with E-state index >= 15 is 0 Å². The first-order valence-electron chi connectivity index (χ1n) is 4.61. The van der Waals surface area contributed by atoms with Crippen molar-refractivity contribution in [1.29, 1.82) is 0 Å². The van der Waals surface area contributed by atoms with Gasteiger partial charge in [-0.25, -0.2) is 4.68 Å². The van der Waals surface area contributed by atoms with Crippen molar-refractivity contribution in [2.24, 2.45) is 0 Å². The molecular formula is C10H6BrCl2N3O. The van der Waals surface area contributed by atoms with Gasteiger partial charge in [-0.1, -0.05) is 28.1 Å².